The van der Waals surface area contributed by atoms with Gasteiger partial charge in [0.05, 0.1) is 0 Å². The molecule has 0 spiro atoms. The van der Waals surface area contributed by atoms with E-state index >= 15 is 0 Å². The summed E-state index contributed by atoms with van der Waals surface area (Å²) in [5.41, 5.74) is 2.48. The van der Waals surface area contributed by atoms with Crippen LogP contribution in [0.4, 0.5) is 0 Å². The van der Waals surface area contributed by atoms with Crippen molar-refractivity contribution in [2.24, 2.45) is 5.92 Å². The molecule has 4 rings (SSSR count). The van der Waals surface area contributed by atoms with Gasteiger partial charge in [0.25, 0.3) is 5.91 Å². The fraction of sp³-hybridized carbons (Fsp3) is 0.591. The predicted octanol–water partition coefficient (Wildman–Crippen LogP) is 3.41. The molecule has 1 saturated heterocycles. The Hall–Kier alpha value is -2.21. The van der Waals surface area contributed by atoms with E-state index < -0.39 is 0 Å². The van der Waals surface area contributed by atoms with Gasteiger partial charge in [0.1, 0.15) is 5.69 Å². The molecule has 3 heterocycles. The molecule has 1 N–H and O–H groups in total. The van der Waals surface area contributed by atoms with E-state index in [4.69, 9.17) is 0 Å². The predicted molar refractivity (Wildman–Crippen MR) is 109 cm³/mol. The monoisotopic (exact) mass is 381 g/mol. The molecule has 0 radical (unpaired) electrons. The van der Waals surface area contributed by atoms with E-state index in [0.29, 0.717) is 18.2 Å². The lowest BCUT2D eigenvalue weighted by Crippen LogP contribution is -2.43. The van der Waals surface area contributed by atoms with E-state index in [2.05, 4.69) is 20.1 Å². The summed E-state index contributed by atoms with van der Waals surface area (Å²) in [4.78, 5) is 22.0. The molecule has 2 aromatic heterocycles. The summed E-state index contributed by atoms with van der Waals surface area (Å²) < 4.78 is 0. The van der Waals surface area contributed by atoms with Gasteiger partial charge < -0.3 is 9.80 Å². The van der Waals surface area contributed by atoms with Crippen molar-refractivity contribution in [1.82, 2.24) is 25.0 Å². The Labute approximate surface area is 167 Å². The van der Waals surface area contributed by atoms with Crippen LogP contribution in [0.15, 0.2) is 30.6 Å². The van der Waals surface area contributed by atoms with Gasteiger partial charge in [0.2, 0.25) is 0 Å². The van der Waals surface area contributed by atoms with Crippen LogP contribution in [-0.2, 0) is 6.54 Å². The molecule has 1 saturated carbocycles. The zero-order chi connectivity index (χ0) is 19.3. The van der Waals surface area contributed by atoms with Gasteiger partial charge in [0.15, 0.2) is 0 Å². The van der Waals surface area contributed by atoms with Crippen molar-refractivity contribution < 1.29 is 4.79 Å². The van der Waals surface area contributed by atoms with Crippen LogP contribution in [0.1, 0.15) is 60.3 Å². The summed E-state index contributed by atoms with van der Waals surface area (Å²) in [6, 6.07) is 6.60. The highest BCUT2D eigenvalue weighted by Gasteiger charge is 2.29. The average molecular weight is 382 g/mol. The third-order valence-corrected chi connectivity index (χ3v) is 6.28. The topological polar surface area (TPSA) is 65.1 Å². The first-order chi connectivity index (χ1) is 13.7. The highest BCUT2D eigenvalue weighted by Crippen LogP contribution is 2.28. The maximum atomic E-state index is 13.1. The van der Waals surface area contributed by atoms with Crippen molar-refractivity contribution in [3.05, 3.63) is 47.5 Å². The minimum atomic E-state index is 0.00595. The molecular formula is C22H31N5O. The summed E-state index contributed by atoms with van der Waals surface area (Å²) in [5.74, 6) is 0.560. The number of hydrogen-bond donors (Lipinski definition) is 1. The van der Waals surface area contributed by atoms with Crippen molar-refractivity contribution in [3.63, 3.8) is 0 Å². The third-order valence-electron chi connectivity index (χ3n) is 6.28. The molecule has 0 bridgehead atoms. The molecule has 2 aromatic rings. The number of amides is 1. The lowest BCUT2D eigenvalue weighted by atomic mass is 9.94. The van der Waals surface area contributed by atoms with Crippen molar-refractivity contribution >= 4 is 5.91 Å². The fourth-order valence-electron chi connectivity index (χ4n) is 4.70. The van der Waals surface area contributed by atoms with E-state index in [-0.39, 0.29) is 5.91 Å². The number of pyridine rings is 1. The van der Waals surface area contributed by atoms with Gasteiger partial charge in [-0.15, -0.1) is 0 Å². The summed E-state index contributed by atoms with van der Waals surface area (Å²) in [7, 11) is 0. The quantitative estimate of drug-likeness (QED) is 0.833. The van der Waals surface area contributed by atoms with Crippen molar-refractivity contribution in [1.29, 1.82) is 0 Å². The van der Waals surface area contributed by atoms with E-state index in [1.54, 1.807) is 6.20 Å². The highest BCUT2D eigenvalue weighted by molar-refractivity contribution is 5.92. The minimum Gasteiger partial charge on any atom is -0.333 e. The van der Waals surface area contributed by atoms with E-state index in [0.717, 1.165) is 23.8 Å². The van der Waals surface area contributed by atoms with E-state index in [9.17, 15) is 4.79 Å². The number of aryl methyl sites for hydroxylation is 1. The molecular weight excluding hydrogens is 350 g/mol. The summed E-state index contributed by atoms with van der Waals surface area (Å²) >= 11 is 0. The first-order valence-corrected chi connectivity index (χ1v) is 10.6. The number of H-pyrrole nitrogens is 1. The zero-order valence-corrected chi connectivity index (χ0v) is 16.8. The van der Waals surface area contributed by atoms with Crippen LogP contribution in [0.5, 0.6) is 0 Å². The summed E-state index contributed by atoms with van der Waals surface area (Å²) in [6.07, 6.45) is 11.5. The van der Waals surface area contributed by atoms with Crippen LogP contribution in [-0.4, -0.2) is 56.6 Å². The normalized spacial score (nSPS) is 19.2. The van der Waals surface area contributed by atoms with Crippen LogP contribution >= 0.6 is 0 Å². The standard InChI is InChI=1S/C22H31N5O/c1-17-13-21(25-24-17)22(28)27(16-19-5-4-10-23-14-19)15-18-8-11-26(12-9-18)20-6-2-3-7-20/h4-5,10,13-14,18,20H,2-3,6-9,11-12,15-16H2,1H3,(H,24,25). The largest absolute Gasteiger partial charge is 0.333 e. The lowest BCUT2D eigenvalue weighted by Gasteiger charge is -2.37. The Morgan fingerprint density at radius 1 is 1.25 bits per heavy atom. The second-order valence-electron chi connectivity index (χ2n) is 8.40. The Kier molecular flexibility index (Phi) is 6.05. The lowest BCUT2D eigenvalue weighted by molar-refractivity contribution is 0.0644. The van der Waals surface area contributed by atoms with Crippen LogP contribution in [0.3, 0.4) is 0 Å². The fourth-order valence-corrected chi connectivity index (χ4v) is 4.70. The molecule has 2 fully saturated rings. The zero-order valence-electron chi connectivity index (χ0n) is 16.8. The Morgan fingerprint density at radius 2 is 2.04 bits per heavy atom. The molecule has 0 atom stereocenters. The van der Waals surface area contributed by atoms with Gasteiger partial charge in [-0.05, 0) is 69.3 Å². The maximum absolute atomic E-state index is 13.1. The van der Waals surface area contributed by atoms with Crippen LogP contribution in [0.25, 0.3) is 0 Å². The SMILES string of the molecule is Cc1cc(C(=O)N(Cc2cccnc2)CC2CCN(C3CCCC3)CC2)n[nH]1. The number of nitrogens with zero attached hydrogens (tertiary/aromatic N) is 4. The van der Waals surface area contributed by atoms with E-state index in [1.165, 1.54) is 51.6 Å². The molecule has 6 heteroatoms. The molecule has 1 aliphatic heterocycles. The summed E-state index contributed by atoms with van der Waals surface area (Å²) in [6.45, 7) is 5.64. The van der Waals surface area contributed by atoms with Gasteiger partial charge in [-0.1, -0.05) is 18.9 Å². The molecule has 0 unspecified atom stereocenters. The molecule has 0 aromatic carbocycles. The first kappa shape index (κ1) is 19.1. The number of piperidine rings is 1. The van der Waals surface area contributed by atoms with Crippen molar-refractivity contribution in [2.75, 3.05) is 19.6 Å². The van der Waals surface area contributed by atoms with Crippen LogP contribution in [0.2, 0.25) is 0 Å². The molecule has 1 amide bonds. The highest BCUT2D eigenvalue weighted by atomic mass is 16.2. The number of likely N-dealkylation sites (tertiary alicyclic amines) is 1. The van der Waals surface area contributed by atoms with E-state index in [1.807, 2.05) is 36.2 Å². The average Bonchev–Trinajstić information content (AvgIpc) is 3.40. The molecule has 1 aliphatic carbocycles. The van der Waals surface area contributed by atoms with Crippen LogP contribution < -0.4 is 0 Å². The second kappa shape index (κ2) is 8.86. The Morgan fingerprint density at radius 3 is 2.68 bits per heavy atom. The first-order valence-electron chi connectivity index (χ1n) is 10.6. The smallest absolute Gasteiger partial charge is 0.274 e. The van der Waals surface area contributed by atoms with Gasteiger partial charge in [-0.3, -0.25) is 14.9 Å². The number of rotatable bonds is 6. The van der Waals surface area contributed by atoms with Gasteiger partial charge >= 0.3 is 0 Å². The number of carbonyl (C=O) groups is 1. The number of nitrogens with one attached hydrogen (secondary N) is 1. The van der Waals surface area contributed by atoms with Gasteiger partial charge in [0, 0.05) is 37.2 Å². The number of aromatic nitrogens is 3. The molecule has 28 heavy (non-hydrogen) atoms. The third kappa shape index (κ3) is 4.61. The number of hydrogen-bond acceptors (Lipinski definition) is 4. The molecule has 150 valence electrons. The Balaban J connectivity index is 1.41. The number of aromatic amines is 1. The van der Waals surface area contributed by atoms with Crippen LogP contribution in [0, 0.1) is 12.8 Å². The maximum Gasteiger partial charge on any atom is 0.274 e. The van der Waals surface area contributed by atoms with Gasteiger partial charge in [-0.25, -0.2) is 0 Å². The van der Waals surface area contributed by atoms with Crippen molar-refractivity contribution in [2.45, 2.75) is 58.0 Å². The van der Waals surface area contributed by atoms with Crippen molar-refractivity contribution in [3.8, 4) is 0 Å². The Bertz CT molecular complexity index is 760. The molecule has 2 aliphatic rings. The molecule has 6 nitrogen and oxygen atoms in total. The second-order valence-corrected chi connectivity index (χ2v) is 8.40. The minimum absolute atomic E-state index is 0.00595. The summed E-state index contributed by atoms with van der Waals surface area (Å²) in [5, 5.41) is 7.09. The van der Waals surface area contributed by atoms with Gasteiger partial charge in [-0.2, -0.15) is 5.10 Å². The number of carbonyl (C=O) groups excluding carboxylic acids is 1.